The maximum atomic E-state index is 12.0. The molecule has 0 amide bonds. The Morgan fingerprint density at radius 2 is 1.94 bits per heavy atom. The molecule has 17 heavy (non-hydrogen) atoms. The average molecular weight is 304 g/mol. The molecule has 0 heterocycles. The fourth-order valence-electron chi connectivity index (χ4n) is 1.20. The summed E-state index contributed by atoms with van der Waals surface area (Å²) in [5, 5.41) is 9.67. The second-order valence-electron chi connectivity index (χ2n) is 3.11. The normalized spacial score (nSPS) is 11.6. The largest absolute Gasteiger partial charge is 0.292 e. The molecule has 1 aromatic rings. The minimum Gasteiger partial charge on any atom is -0.292 e. The number of thiocarbonyl (C=S) groups is 1. The van der Waals surface area contributed by atoms with Crippen LogP contribution in [-0.4, -0.2) is 16.2 Å². The Labute approximate surface area is 119 Å². The topological polar surface area (TPSA) is 40.9 Å². The fourth-order valence-corrected chi connectivity index (χ4v) is 2.28. The third-order valence-corrected chi connectivity index (χ3v) is 3.79. The number of rotatable bonds is 3. The highest BCUT2D eigenvalue weighted by Gasteiger charge is 2.24. The van der Waals surface area contributed by atoms with Gasteiger partial charge in [0.2, 0.25) is 0 Å². The Kier molecular flexibility index (Phi) is 5.41. The molecule has 0 fully saturated rings. The van der Waals surface area contributed by atoms with Crippen LogP contribution in [0.2, 0.25) is 10.0 Å². The van der Waals surface area contributed by atoms with E-state index in [2.05, 4.69) is 0 Å². The van der Waals surface area contributed by atoms with Crippen molar-refractivity contribution in [2.75, 3.05) is 6.26 Å². The van der Waals surface area contributed by atoms with E-state index in [9.17, 15) is 4.79 Å². The average Bonchev–Trinajstić information content (AvgIpc) is 2.28. The first-order chi connectivity index (χ1) is 7.99. The van der Waals surface area contributed by atoms with Crippen molar-refractivity contribution in [3.8, 4) is 6.07 Å². The lowest BCUT2D eigenvalue weighted by Crippen LogP contribution is -2.19. The zero-order chi connectivity index (χ0) is 13.0. The molecule has 2 nitrogen and oxygen atoms in total. The molecule has 88 valence electrons. The maximum absolute atomic E-state index is 12.0. The van der Waals surface area contributed by atoms with Crippen molar-refractivity contribution in [2.45, 2.75) is 0 Å². The molecule has 0 radical (unpaired) electrons. The molecule has 0 saturated heterocycles. The summed E-state index contributed by atoms with van der Waals surface area (Å²) in [4.78, 5) is 12.0. The Bertz CT molecular complexity index is 490. The number of thioether (sulfide) groups is 1. The van der Waals surface area contributed by atoms with Crippen molar-refractivity contribution < 1.29 is 4.79 Å². The fraction of sp³-hybridized carbons (Fsp3) is 0.182. The quantitative estimate of drug-likeness (QED) is 0.625. The molecule has 1 aromatic carbocycles. The molecule has 1 unspecified atom stereocenters. The van der Waals surface area contributed by atoms with Gasteiger partial charge in [0.25, 0.3) is 0 Å². The van der Waals surface area contributed by atoms with Gasteiger partial charge >= 0.3 is 0 Å². The molecule has 1 atom stereocenters. The lowest BCUT2D eigenvalue weighted by Gasteiger charge is -2.08. The van der Waals surface area contributed by atoms with Crippen LogP contribution >= 0.6 is 47.2 Å². The number of nitrogens with zero attached hydrogens (tertiary/aromatic N) is 1. The van der Waals surface area contributed by atoms with Crippen molar-refractivity contribution in [2.24, 2.45) is 5.92 Å². The lowest BCUT2D eigenvalue weighted by molar-refractivity contribution is 0.0977. The monoisotopic (exact) mass is 303 g/mol. The summed E-state index contributed by atoms with van der Waals surface area (Å²) >= 11 is 17.8. The van der Waals surface area contributed by atoms with Crippen molar-refractivity contribution in [3.05, 3.63) is 33.8 Å². The maximum Gasteiger partial charge on any atom is 0.185 e. The SMILES string of the molecule is CSC(=S)C(C#N)C(=O)c1cc(Cl)cc(Cl)c1. The van der Waals surface area contributed by atoms with Gasteiger partial charge in [-0.15, -0.1) is 11.8 Å². The molecule has 0 aliphatic rings. The summed E-state index contributed by atoms with van der Waals surface area (Å²) in [5.74, 6) is -1.33. The zero-order valence-corrected chi connectivity index (χ0v) is 11.9. The molecule has 0 aliphatic heterocycles. The van der Waals surface area contributed by atoms with Gasteiger partial charge in [0.15, 0.2) is 11.7 Å². The number of ketones is 1. The number of Topliss-reactive ketones (excluding diaryl/α,β-unsaturated/α-hetero) is 1. The second-order valence-corrected chi connectivity index (χ2v) is 5.53. The number of nitriles is 1. The van der Waals surface area contributed by atoms with Crippen LogP contribution in [0.1, 0.15) is 10.4 Å². The molecule has 6 heteroatoms. The molecular formula is C11H7Cl2NOS2. The minimum absolute atomic E-state index is 0.297. The van der Waals surface area contributed by atoms with Crippen LogP contribution in [0.4, 0.5) is 0 Å². The van der Waals surface area contributed by atoms with Crippen LogP contribution in [0.3, 0.4) is 0 Å². The number of halogens is 2. The first kappa shape index (κ1) is 14.5. The predicted molar refractivity (Wildman–Crippen MR) is 76.0 cm³/mol. The van der Waals surface area contributed by atoms with E-state index in [4.69, 9.17) is 40.7 Å². The Morgan fingerprint density at radius 1 is 1.41 bits per heavy atom. The van der Waals surface area contributed by atoms with Gasteiger partial charge in [0, 0.05) is 15.6 Å². The minimum atomic E-state index is -0.950. The van der Waals surface area contributed by atoms with Crippen LogP contribution in [-0.2, 0) is 0 Å². The molecule has 0 aromatic heterocycles. The molecule has 0 spiro atoms. The van der Waals surface area contributed by atoms with E-state index in [0.29, 0.717) is 19.8 Å². The smallest absolute Gasteiger partial charge is 0.185 e. The summed E-state index contributed by atoms with van der Waals surface area (Å²) < 4.78 is 0.341. The summed E-state index contributed by atoms with van der Waals surface area (Å²) in [7, 11) is 0. The van der Waals surface area contributed by atoms with Crippen LogP contribution in [0.5, 0.6) is 0 Å². The van der Waals surface area contributed by atoms with Gasteiger partial charge in [0.1, 0.15) is 0 Å². The first-order valence-corrected chi connectivity index (χ1v) is 6.86. The third-order valence-electron chi connectivity index (χ3n) is 1.98. The number of carbonyl (C=O) groups excluding carboxylic acids is 1. The van der Waals surface area contributed by atoms with Crippen LogP contribution in [0.25, 0.3) is 0 Å². The van der Waals surface area contributed by atoms with Crippen molar-refractivity contribution in [1.29, 1.82) is 5.26 Å². The predicted octanol–water partition coefficient (Wildman–Crippen LogP) is 4.01. The van der Waals surface area contributed by atoms with Crippen LogP contribution in [0.15, 0.2) is 18.2 Å². The molecule has 0 bridgehead atoms. The Balaban J connectivity index is 3.11. The van der Waals surface area contributed by atoms with Gasteiger partial charge in [-0.25, -0.2) is 0 Å². The highest BCUT2D eigenvalue weighted by molar-refractivity contribution is 8.22. The van der Waals surface area contributed by atoms with Crippen molar-refractivity contribution in [3.63, 3.8) is 0 Å². The standard InChI is InChI=1S/C11H7Cl2NOS2/c1-17-11(16)9(5-14)10(15)6-2-7(12)4-8(13)3-6/h2-4,9H,1H3. The first-order valence-electron chi connectivity index (χ1n) is 4.47. The molecule has 0 N–H and O–H groups in total. The highest BCUT2D eigenvalue weighted by atomic mass is 35.5. The van der Waals surface area contributed by atoms with E-state index >= 15 is 0 Å². The molecular weight excluding hydrogens is 297 g/mol. The van der Waals surface area contributed by atoms with E-state index < -0.39 is 5.92 Å². The Morgan fingerprint density at radius 3 is 2.35 bits per heavy atom. The number of hydrogen-bond acceptors (Lipinski definition) is 4. The van der Waals surface area contributed by atoms with E-state index in [-0.39, 0.29) is 5.78 Å². The molecule has 0 saturated carbocycles. The summed E-state index contributed by atoms with van der Waals surface area (Å²) in [6.07, 6.45) is 1.73. The molecule has 1 rings (SSSR count). The van der Waals surface area contributed by atoms with E-state index in [1.54, 1.807) is 6.26 Å². The Hall–Kier alpha value is -0.600. The number of hydrogen-bond donors (Lipinski definition) is 0. The summed E-state index contributed by atoms with van der Waals surface area (Å²) in [6.45, 7) is 0. The van der Waals surface area contributed by atoms with E-state index in [1.807, 2.05) is 6.07 Å². The van der Waals surface area contributed by atoms with Gasteiger partial charge < -0.3 is 0 Å². The molecule has 0 aliphatic carbocycles. The van der Waals surface area contributed by atoms with Gasteiger partial charge in [-0.1, -0.05) is 35.4 Å². The van der Waals surface area contributed by atoms with Gasteiger partial charge in [0.05, 0.1) is 10.3 Å². The van der Waals surface area contributed by atoms with E-state index in [1.165, 1.54) is 30.0 Å². The summed E-state index contributed by atoms with van der Waals surface area (Å²) in [6, 6.07) is 6.36. The van der Waals surface area contributed by atoms with Gasteiger partial charge in [-0.2, -0.15) is 5.26 Å². The lowest BCUT2D eigenvalue weighted by atomic mass is 10.0. The van der Waals surface area contributed by atoms with Gasteiger partial charge in [-0.3, -0.25) is 4.79 Å². The zero-order valence-electron chi connectivity index (χ0n) is 8.74. The van der Waals surface area contributed by atoms with Crippen LogP contribution < -0.4 is 0 Å². The number of benzene rings is 1. The second kappa shape index (κ2) is 6.36. The highest BCUT2D eigenvalue weighted by Crippen LogP contribution is 2.23. The third kappa shape index (κ3) is 3.68. The van der Waals surface area contributed by atoms with Crippen molar-refractivity contribution >= 4 is 57.2 Å². The van der Waals surface area contributed by atoms with Crippen molar-refractivity contribution in [1.82, 2.24) is 0 Å². The van der Waals surface area contributed by atoms with E-state index in [0.717, 1.165) is 0 Å². The number of carbonyl (C=O) groups is 1. The van der Waals surface area contributed by atoms with Gasteiger partial charge in [-0.05, 0) is 24.5 Å². The van der Waals surface area contributed by atoms with Crippen LogP contribution in [0, 0.1) is 17.2 Å². The summed E-state index contributed by atoms with van der Waals surface area (Å²) in [5.41, 5.74) is 0.297.